The maximum atomic E-state index is 9.56. The molecule has 0 aliphatic heterocycles. The van der Waals surface area contributed by atoms with Crippen LogP contribution in [0.1, 0.15) is 26.2 Å². The first kappa shape index (κ1) is 16.2. The molecule has 8 heavy (non-hydrogen) atoms. The van der Waals surface area contributed by atoms with Crippen molar-refractivity contribution in [1.29, 1.82) is 0 Å². The topological polar surface area (TPSA) is 17.1 Å². The average molecular weight is 329 g/mol. The number of unbranched alkanes of at least 4 members (excludes halogenated alkanes) is 2. The molecule has 0 atom stereocenters. The van der Waals surface area contributed by atoms with Gasteiger partial charge in [-0.2, -0.15) is 0 Å². The number of carbonyl (C=O) groups excluding carboxylic acids is 1. The van der Waals surface area contributed by atoms with Crippen LogP contribution in [0.2, 0.25) is 0 Å². The Morgan fingerprint density at radius 3 is 2.12 bits per heavy atom. The monoisotopic (exact) mass is 328 g/mol. The predicted molar refractivity (Wildman–Crippen MR) is 45.5 cm³/mol. The van der Waals surface area contributed by atoms with Gasteiger partial charge in [0.2, 0.25) is 0 Å². The van der Waals surface area contributed by atoms with Gasteiger partial charge in [-0.25, -0.2) is 0 Å². The van der Waals surface area contributed by atoms with Crippen molar-refractivity contribution in [3.05, 3.63) is 0 Å². The second-order valence-electron chi connectivity index (χ2n) is 1.31. The van der Waals surface area contributed by atoms with Crippen LogP contribution in [0.15, 0.2) is 0 Å². The molecule has 0 aromatic heterocycles. The maximum absolute atomic E-state index is 9.56. The van der Waals surface area contributed by atoms with Crippen LogP contribution >= 0.6 is 0 Å². The second-order valence-corrected chi connectivity index (χ2v) is 1.31. The van der Waals surface area contributed by atoms with E-state index in [2.05, 4.69) is 6.92 Å². The Morgan fingerprint density at radius 2 is 2.00 bits per heavy atom. The fraction of sp³-hybridized carbons (Fsp3) is 0.800. The van der Waals surface area contributed by atoms with E-state index in [1.54, 1.807) is 0 Å². The normalized spacial score (nSPS) is 6.12. The van der Waals surface area contributed by atoms with Crippen molar-refractivity contribution in [2.24, 2.45) is 0 Å². The molecule has 0 unspecified atom stereocenters. The van der Waals surface area contributed by atoms with Gasteiger partial charge in [0.25, 0.3) is 0 Å². The Hall–Kier alpha value is 1.36. The molecule has 3 heteroatoms. The first-order valence-corrected chi connectivity index (χ1v) is 2.35. The van der Waals surface area contributed by atoms with Crippen molar-refractivity contribution >= 4 is 56.6 Å². The number of hydrogen-bond donors (Lipinski definition) is 0. The summed E-state index contributed by atoms with van der Waals surface area (Å²) in [7, 11) is 0. The molecule has 0 heterocycles. The minimum absolute atomic E-state index is 0. The Bertz CT molecular complexity index is 41.4. The summed E-state index contributed by atoms with van der Waals surface area (Å²) < 4.78 is 0. The van der Waals surface area contributed by atoms with Gasteiger partial charge < -0.3 is 4.79 Å². The Balaban J connectivity index is -0.000000125. The first-order valence-electron chi connectivity index (χ1n) is 2.35. The van der Waals surface area contributed by atoms with E-state index < -0.39 is 0 Å². The van der Waals surface area contributed by atoms with Crippen LogP contribution in [0.3, 0.4) is 0 Å². The molecule has 0 fully saturated rings. The number of hydrogen-bond acceptors (Lipinski definition) is 1. The van der Waals surface area contributed by atoms with Crippen LogP contribution in [0.5, 0.6) is 0 Å². The summed E-state index contributed by atoms with van der Waals surface area (Å²) in [5.41, 5.74) is 0. The van der Waals surface area contributed by atoms with Gasteiger partial charge in [0.05, 0.1) is 0 Å². The van der Waals surface area contributed by atoms with Gasteiger partial charge in [-0.3, -0.25) is 0 Å². The van der Waals surface area contributed by atoms with Crippen molar-refractivity contribution in [2.75, 3.05) is 0 Å². The van der Waals surface area contributed by atoms with Gasteiger partial charge in [0.1, 0.15) is 6.29 Å². The third kappa shape index (κ3) is 15.7. The third-order valence-electron chi connectivity index (χ3n) is 0.676. The van der Waals surface area contributed by atoms with Gasteiger partial charge in [-0.15, -0.1) is 0 Å². The van der Waals surface area contributed by atoms with E-state index >= 15 is 0 Å². The molecular formula is C5H16InOSb. The minimum atomic E-state index is 0. The molecule has 0 spiro atoms. The first-order chi connectivity index (χ1) is 2.91. The average Bonchev–Trinajstić information content (AvgIpc) is 1.61. The summed E-state index contributed by atoms with van der Waals surface area (Å²) in [5, 5.41) is 0. The van der Waals surface area contributed by atoms with E-state index in [0.717, 1.165) is 25.5 Å². The van der Waals surface area contributed by atoms with Crippen molar-refractivity contribution in [3.63, 3.8) is 0 Å². The number of carbonyl (C=O) groups is 1. The van der Waals surface area contributed by atoms with E-state index in [-0.39, 0.29) is 50.3 Å². The molecular weight excluding hydrogens is 313 g/mol. The second kappa shape index (κ2) is 15.8. The van der Waals surface area contributed by atoms with Crippen molar-refractivity contribution < 1.29 is 4.79 Å². The fourth-order valence-corrected chi connectivity index (χ4v) is 0.287. The van der Waals surface area contributed by atoms with Gasteiger partial charge in [-0.1, -0.05) is 13.3 Å². The zero-order chi connectivity index (χ0) is 4.83. The van der Waals surface area contributed by atoms with Gasteiger partial charge in [0, 0.05) is 6.42 Å². The van der Waals surface area contributed by atoms with Crippen LogP contribution in [0, 0.1) is 0 Å². The molecule has 0 rings (SSSR count). The van der Waals surface area contributed by atoms with Crippen LogP contribution in [0.4, 0.5) is 0 Å². The standard InChI is InChI=1S/C5H10O.In.Sb.6H/c1-2-3-4-5-6;;;;;;;;/h5H,2-4H2,1H3;;;;;;;;. The zero-order valence-electron chi connectivity index (χ0n) is 4.81. The van der Waals surface area contributed by atoms with Crippen molar-refractivity contribution in [2.45, 2.75) is 26.2 Å². The molecule has 0 amide bonds. The quantitative estimate of drug-likeness (QED) is 0.369. The molecule has 1 nitrogen and oxygen atoms in total. The summed E-state index contributed by atoms with van der Waals surface area (Å²) >= 11 is 0. The zero-order valence-corrected chi connectivity index (χ0v) is 8.85. The summed E-state index contributed by atoms with van der Waals surface area (Å²) in [5.74, 6) is 0. The molecule has 0 aromatic rings. The molecule has 0 saturated carbocycles. The van der Waals surface area contributed by atoms with Crippen LogP contribution in [0.25, 0.3) is 0 Å². The molecule has 0 N–H and O–H groups in total. The van der Waals surface area contributed by atoms with Crippen LogP contribution < -0.4 is 0 Å². The summed E-state index contributed by atoms with van der Waals surface area (Å²) in [6, 6.07) is 0. The van der Waals surface area contributed by atoms with E-state index in [1.165, 1.54) is 0 Å². The Morgan fingerprint density at radius 1 is 1.50 bits per heavy atom. The van der Waals surface area contributed by atoms with Crippen molar-refractivity contribution in [3.8, 4) is 0 Å². The van der Waals surface area contributed by atoms with E-state index in [0.29, 0.717) is 0 Å². The number of aldehydes is 1. The molecule has 0 bridgehead atoms. The Kier molecular flexibility index (Phi) is 31.9. The van der Waals surface area contributed by atoms with Gasteiger partial charge >= 0.3 is 50.3 Å². The van der Waals surface area contributed by atoms with Gasteiger partial charge in [0.15, 0.2) is 0 Å². The summed E-state index contributed by atoms with van der Waals surface area (Å²) in [6.45, 7) is 2.07. The molecule has 0 saturated heterocycles. The molecule has 0 aromatic carbocycles. The van der Waals surface area contributed by atoms with Crippen LogP contribution in [-0.4, -0.2) is 56.6 Å². The summed E-state index contributed by atoms with van der Waals surface area (Å²) in [4.78, 5) is 9.56. The van der Waals surface area contributed by atoms with E-state index in [1.807, 2.05) is 0 Å². The molecule has 50 valence electrons. The third-order valence-corrected chi connectivity index (χ3v) is 0.676. The molecule has 0 radical (unpaired) electrons. The van der Waals surface area contributed by atoms with E-state index in [4.69, 9.17) is 0 Å². The SMILES string of the molecule is CCCCC=O.[InH3].[SbH3]. The predicted octanol–water partition coefficient (Wildman–Crippen LogP) is -0.992. The molecule has 0 aliphatic carbocycles. The molecule has 0 aliphatic rings. The van der Waals surface area contributed by atoms with Gasteiger partial charge in [-0.05, 0) is 6.42 Å². The van der Waals surface area contributed by atoms with E-state index in [9.17, 15) is 4.79 Å². The fourth-order valence-electron chi connectivity index (χ4n) is 0.287. The number of rotatable bonds is 3. The Labute approximate surface area is 86.8 Å². The van der Waals surface area contributed by atoms with Crippen molar-refractivity contribution in [1.82, 2.24) is 0 Å². The summed E-state index contributed by atoms with van der Waals surface area (Å²) in [6.07, 6.45) is 3.86. The van der Waals surface area contributed by atoms with Crippen LogP contribution in [-0.2, 0) is 4.79 Å².